The van der Waals surface area contributed by atoms with Gasteiger partial charge in [-0.2, -0.15) is 39.5 Å². The Labute approximate surface area is 258 Å². The molecule has 0 N–H and O–H groups in total. The Morgan fingerprint density at radius 3 is 2.07 bits per heavy atom. The summed E-state index contributed by atoms with van der Waals surface area (Å²) in [5.41, 5.74) is -1.36. The van der Waals surface area contributed by atoms with Crippen LogP contribution in [0.2, 0.25) is 0 Å². The lowest BCUT2D eigenvalue weighted by atomic mass is 9.90. The summed E-state index contributed by atoms with van der Waals surface area (Å²) < 4.78 is 123. The molecule has 1 fully saturated rings. The van der Waals surface area contributed by atoms with Gasteiger partial charge in [-0.3, -0.25) is 14.7 Å². The van der Waals surface area contributed by atoms with Gasteiger partial charge in [0.1, 0.15) is 0 Å². The van der Waals surface area contributed by atoms with Gasteiger partial charge >= 0.3 is 24.4 Å². The van der Waals surface area contributed by atoms with Crippen LogP contribution in [-0.4, -0.2) is 45.5 Å². The van der Waals surface area contributed by atoms with Crippen LogP contribution in [0.3, 0.4) is 0 Å². The van der Waals surface area contributed by atoms with E-state index in [4.69, 9.17) is 0 Å². The molecule has 2 unspecified atom stereocenters. The summed E-state index contributed by atoms with van der Waals surface area (Å²) in [5, 5.41) is 0.577. The molecule has 0 radical (unpaired) electrons. The molecule has 3 aromatic carbocycles. The number of hydrogen-bond acceptors (Lipinski definition) is 3. The number of rotatable bonds is 7. The molecule has 1 aliphatic rings. The number of likely N-dealkylation sites (tertiary alicyclic amines) is 1. The summed E-state index contributed by atoms with van der Waals surface area (Å²) in [6.45, 7) is -0.648. The van der Waals surface area contributed by atoms with E-state index in [9.17, 15) is 44.3 Å². The Morgan fingerprint density at radius 1 is 0.804 bits per heavy atom. The van der Waals surface area contributed by atoms with Crippen molar-refractivity contribution in [1.29, 1.82) is 0 Å². The second kappa shape index (κ2) is 12.9. The molecule has 2 atom stereocenters. The van der Waals surface area contributed by atoms with Crippen LogP contribution in [-0.2, 0) is 36.7 Å². The van der Waals surface area contributed by atoms with Crippen molar-refractivity contribution in [3.8, 4) is 0 Å². The largest absolute Gasteiger partial charge is 0.471 e. The zero-order chi connectivity index (χ0) is 33.3. The van der Waals surface area contributed by atoms with Crippen molar-refractivity contribution >= 4 is 16.8 Å². The van der Waals surface area contributed by atoms with Crippen molar-refractivity contribution in [3.05, 3.63) is 113 Å². The van der Waals surface area contributed by atoms with Gasteiger partial charge in [-0.1, -0.05) is 48.5 Å². The van der Waals surface area contributed by atoms with E-state index in [0.29, 0.717) is 28.6 Å². The molecule has 1 aliphatic heterocycles. The third kappa shape index (κ3) is 7.80. The number of carbonyl (C=O) groups is 1. The molecular weight excluding hydrogens is 625 g/mol. The smallest absolute Gasteiger partial charge is 0.327 e. The first kappa shape index (κ1) is 33.2. The molecule has 4 aromatic rings. The molecule has 0 bridgehead atoms. The van der Waals surface area contributed by atoms with E-state index in [1.165, 1.54) is 6.20 Å². The number of halogens is 9. The van der Waals surface area contributed by atoms with Crippen LogP contribution < -0.4 is 0 Å². The lowest BCUT2D eigenvalue weighted by molar-refractivity contribution is -0.190. The van der Waals surface area contributed by atoms with E-state index in [0.717, 1.165) is 10.5 Å². The maximum Gasteiger partial charge on any atom is 0.471 e. The van der Waals surface area contributed by atoms with Crippen LogP contribution in [0.4, 0.5) is 39.5 Å². The fourth-order valence-electron chi connectivity index (χ4n) is 6.02. The molecule has 244 valence electrons. The third-order valence-corrected chi connectivity index (χ3v) is 8.18. The predicted molar refractivity (Wildman–Crippen MR) is 152 cm³/mol. The van der Waals surface area contributed by atoms with Gasteiger partial charge in [0.25, 0.3) is 0 Å². The summed E-state index contributed by atoms with van der Waals surface area (Å²) >= 11 is 0. The lowest BCUT2D eigenvalue weighted by Crippen LogP contribution is -2.54. The van der Waals surface area contributed by atoms with Gasteiger partial charge in [0.05, 0.1) is 16.6 Å². The average molecular weight is 654 g/mol. The number of benzene rings is 3. The van der Waals surface area contributed by atoms with Crippen molar-refractivity contribution in [3.63, 3.8) is 0 Å². The van der Waals surface area contributed by atoms with Crippen LogP contribution in [0.5, 0.6) is 0 Å². The highest BCUT2D eigenvalue weighted by Gasteiger charge is 2.46. The number of para-hydroxylation sites is 1. The standard InChI is InChI=1S/C33H28F9N3O/c34-31(35,36)24-14-22(15-25(17-24)32(37,38)39)19-44-13-11-26(18-27(44)16-21-6-2-1-3-7-21)45(30(46)33(40,41)42)20-23-10-12-43-29-9-5-4-8-28(23)29/h1-10,12,14-15,17,26-27H,11,13,16,18-20H2. The van der Waals surface area contributed by atoms with Crippen molar-refractivity contribution in [2.45, 2.75) is 63.0 Å². The van der Waals surface area contributed by atoms with Gasteiger partial charge in [0, 0.05) is 43.3 Å². The quantitative estimate of drug-likeness (QED) is 0.188. The molecule has 13 heteroatoms. The van der Waals surface area contributed by atoms with Gasteiger partial charge in [0.2, 0.25) is 0 Å². The van der Waals surface area contributed by atoms with Crippen molar-refractivity contribution < 1.29 is 44.3 Å². The summed E-state index contributed by atoms with van der Waals surface area (Å²) in [7, 11) is 0. The number of alkyl halides is 9. The maximum absolute atomic E-state index is 13.9. The van der Waals surface area contributed by atoms with E-state index in [1.54, 1.807) is 65.6 Å². The maximum atomic E-state index is 13.9. The number of hydrogen-bond donors (Lipinski definition) is 0. The molecule has 0 spiro atoms. The first-order valence-corrected chi connectivity index (χ1v) is 14.4. The zero-order valence-electron chi connectivity index (χ0n) is 24.1. The van der Waals surface area contributed by atoms with Crippen LogP contribution >= 0.6 is 0 Å². The zero-order valence-corrected chi connectivity index (χ0v) is 24.1. The van der Waals surface area contributed by atoms with Gasteiger partial charge in [-0.05, 0) is 66.3 Å². The van der Waals surface area contributed by atoms with E-state index < -0.39 is 47.6 Å². The van der Waals surface area contributed by atoms with Crippen LogP contribution in [0.15, 0.2) is 85.1 Å². The normalized spacial score (nSPS) is 18.1. The first-order valence-electron chi connectivity index (χ1n) is 14.4. The van der Waals surface area contributed by atoms with Gasteiger partial charge in [0.15, 0.2) is 0 Å². The predicted octanol–water partition coefficient (Wildman–Crippen LogP) is 8.44. The molecule has 1 saturated heterocycles. The van der Waals surface area contributed by atoms with Crippen LogP contribution in [0.25, 0.3) is 10.9 Å². The monoisotopic (exact) mass is 653 g/mol. The molecular formula is C33H28F9N3O. The minimum atomic E-state index is -5.18. The fraction of sp³-hybridized carbons (Fsp3) is 0.333. The lowest BCUT2D eigenvalue weighted by Gasteiger charge is -2.44. The second-order valence-electron chi connectivity index (χ2n) is 11.3. The summed E-state index contributed by atoms with van der Waals surface area (Å²) in [4.78, 5) is 19.6. The van der Waals surface area contributed by atoms with E-state index in [1.807, 2.05) is 0 Å². The highest BCUT2D eigenvalue weighted by atomic mass is 19.4. The minimum absolute atomic E-state index is 0.00478. The van der Waals surface area contributed by atoms with Gasteiger partial charge in [-0.25, -0.2) is 0 Å². The Balaban J connectivity index is 1.48. The molecule has 4 nitrogen and oxygen atoms in total. The van der Waals surface area contributed by atoms with Gasteiger partial charge < -0.3 is 4.90 Å². The van der Waals surface area contributed by atoms with Gasteiger partial charge in [-0.15, -0.1) is 0 Å². The average Bonchev–Trinajstić information content (AvgIpc) is 2.99. The summed E-state index contributed by atoms with van der Waals surface area (Å²) in [6.07, 6.45) is -13.5. The SMILES string of the molecule is O=C(N(Cc1ccnc2ccccc12)C1CCN(Cc2cc(C(F)(F)F)cc(C(F)(F)F)c2)C(Cc2ccccc2)C1)C(F)(F)F. The minimum Gasteiger partial charge on any atom is -0.327 e. The highest BCUT2D eigenvalue weighted by Crippen LogP contribution is 2.38. The number of piperidine rings is 1. The summed E-state index contributed by atoms with van der Waals surface area (Å²) in [5.74, 6) is -2.03. The Hall–Kier alpha value is -4.13. The van der Waals surface area contributed by atoms with E-state index in [2.05, 4.69) is 4.98 Å². The number of pyridine rings is 1. The molecule has 0 saturated carbocycles. The second-order valence-corrected chi connectivity index (χ2v) is 11.3. The molecule has 1 aromatic heterocycles. The van der Waals surface area contributed by atoms with Crippen LogP contribution in [0, 0.1) is 0 Å². The molecule has 1 amide bonds. The molecule has 46 heavy (non-hydrogen) atoms. The van der Waals surface area contributed by atoms with E-state index >= 15 is 0 Å². The summed E-state index contributed by atoms with van der Waals surface area (Å²) in [6, 6.07) is 17.0. The van der Waals surface area contributed by atoms with Crippen molar-refractivity contribution in [2.24, 2.45) is 0 Å². The number of carbonyl (C=O) groups excluding carboxylic acids is 1. The number of nitrogens with zero attached hydrogens (tertiary/aromatic N) is 3. The molecule has 5 rings (SSSR count). The number of aromatic nitrogens is 1. The highest BCUT2D eigenvalue weighted by molar-refractivity contribution is 5.84. The Kier molecular flexibility index (Phi) is 9.35. The Morgan fingerprint density at radius 2 is 1.43 bits per heavy atom. The molecule has 2 heterocycles. The topological polar surface area (TPSA) is 36.4 Å². The number of amides is 1. The van der Waals surface area contributed by atoms with Crippen molar-refractivity contribution in [2.75, 3.05) is 6.54 Å². The first-order chi connectivity index (χ1) is 21.6. The van der Waals surface area contributed by atoms with Crippen LogP contribution in [0.1, 0.15) is 40.7 Å². The number of fused-ring (bicyclic) bond motifs is 1. The third-order valence-electron chi connectivity index (χ3n) is 8.18. The Bertz CT molecular complexity index is 1630. The fourth-order valence-corrected chi connectivity index (χ4v) is 6.02. The van der Waals surface area contributed by atoms with Crippen molar-refractivity contribution in [1.82, 2.24) is 14.8 Å². The van der Waals surface area contributed by atoms with E-state index in [-0.39, 0.29) is 50.5 Å². The molecule has 0 aliphatic carbocycles.